The normalized spacial score (nSPS) is 19.4. The van der Waals surface area contributed by atoms with Gasteiger partial charge in [-0.2, -0.15) is 0 Å². The van der Waals surface area contributed by atoms with E-state index in [-0.39, 0.29) is 5.82 Å². The molecule has 1 unspecified atom stereocenters. The molecule has 1 heterocycles. The summed E-state index contributed by atoms with van der Waals surface area (Å²) in [6, 6.07) is 6.40. The molecule has 1 N–H and O–H groups in total. The van der Waals surface area contributed by atoms with Crippen molar-refractivity contribution in [1.82, 2.24) is 5.32 Å². The Bertz CT molecular complexity index is 417. The van der Waals surface area contributed by atoms with Crippen LogP contribution in [-0.4, -0.2) is 18.6 Å². The maximum atomic E-state index is 14.1. The van der Waals surface area contributed by atoms with Gasteiger partial charge in [-0.25, -0.2) is 4.39 Å². The number of nitrogens with one attached hydrogen (secondary N) is 1. The molecule has 106 valence electrons. The summed E-state index contributed by atoms with van der Waals surface area (Å²) in [5.41, 5.74) is 1.90. The highest BCUT2D eigenvalue weighted by Crippen LogP contribution is 2.31. The van der Waals surface area contributed by atoms with Crippen LogP contribution in [0.5, 0.6) is 0 Å². The lowest BCUT2D eigenvalue weighted by molar-refractivity contribution is 0.549. The number of rotatable bonds is 5. The topological polar surface area (TPSA) is 15.3 Å². The van der Waals surface area contributed by atoms with Crippen LogP contribution in [0.3, 0.4) is 0 Å². The Morgan fingerprint density at radius 3 is 2.89 bits per heavy atom. The van der Waals surface area contributed by atoms with Gasteiger partial charge in [-0.3, -0.25) is 0 Å². The third kappa shape index (κ3) is 3.27. The molecule has 1 atom stereocenters. The largest absolute Gasteiger partial charge is 0.368 e. The van der Waals surface area contributed by atoms with Crippen molar-refractivity contribution in [3.8, 4) is 0 Å². The van der Waals surface area contributed by atoms with Crippen LogP contribution in [0.1, 0.15) is 45.6 Å². The average Bonchev–Trinajstić information content (AvgIpc) is 2.84. The third-order valence-corrected chi connectivity index (χ3v) is 3.94. The molecule has 2 rings (SSSR count). The summed E-state index contributed by atoms with van der Waals surface area (Å²) >= 11 is 0. The fourth-order valence-corrected chi connectivity index (χ4v) is 2.87. The second-order valence-corrected chi connectivity index (χ2v) is 5.67. The minimum atomic E-state index is -0.0904. The molecule has 3 heteroatoms. The van der Waals surface area contributed by atoms with Gasteiger partial charge in [-0.15, -0.1) is 0 Å². The van der Waals surface area contributed by atoms with Gasteiger partial charge >= 0.3 is 0 Å². The monoisotopic (exact) mass is 264 g/mol. The van der Waals surface area contributed by atoms with Gasteiger partial charge in [0.15, 0.2) is 0 Å². The smallest absolute Gasteiger partial charge is 0.129 e. The molecule has 0 amide bonds. The van der Waals surface area contributed by atoms with Gasteiger partial charge < -0.3 is 10.2 Å². The SMILES string of the molecule is CCC1CCCN1c1cccc(F)c1CNC(C)C. The number of halogens is 1. The lowest BCUT2D eigenvalue weighted by Gasteiger charge is -2.28. The lowest BCUT2D eigenvalue weighted by Crippen LogP contribution is -2.31. The van der Waals surface area contributed by atoms with Crippen LogP contribution in [0.15, 0.2) is 18.2 Å². The number of benzene rings is 1. The van der Waals surface area contributed by atoms with E-state index in [2.05, 4.69) is 37.1 Å². The van der Waals surface area contributed by atoms with Crippen molar-refractivity contribution in [2.24, 2.45) is 0 Å². The van der Waals surface area contributed by atoms with Crippen LogP contribution >= 0.6 is 0 Å². The number of anilines is 1. The van der Waals surface area contributed by atoms with Crippen molar-refractivity contribution in [2.75, 3.05) is 11.4 Å². The van der Waals surface area contributed by atoms with Crippen molar-refractivity contribution in [3.05, 3.63) is 29.6 Å². The summed E-state index contributed by atoms with van der Waals surface area (Å²) in [4.78, 5) is 2.39. The average molecular weight is 264 g/mol. The highest BCUT2D eigenvalue weighted by atomic mass is 19.1. The molecule has 0 aromatic heterocycles. The zero-order valence-corrected chi connectivity index (χ0v) is 12.2. The predicted octanol–water partition coefficient (Wildman–Crippen LogP) is 3.70. The minimum absolute atomic E-state index is 0.0904. The minimum Gasteiger partial charge on any atom is -0.368 e. The Balaban J connectivity index is 2.26. The first-order valence-electron chi connectivity index (χ1n) is 7.41. The van der Waals surface area contributed by atoms with E-state index in [1.54, 1.807) is 6.07 Å². The number of nitrogens with zero attached hydrogens (tertiary/aromatic N) is 1. The lowest BCUT2D eigenvalue weighted by atomic mass is 10.1. The highest BCUT2D eigenvalue weighted by Gasteiger charge is 2.25. The third-order valence-electron chi connectivity index (χ3n) is 3.94. The summed E-state index contributed by atoms with van der Waals surface area (Å²) in [7, 11) is 0. The van der Waals surface area contributed by atoms with Crippen LogP contribution < -0.4 is 10.2 Å². The highest BCUT2D eigenvalue weighted by molar-refractivity contribution is 5.55. The van der Waals surface area contributed by atoms with Crippen molar-refractivity contribution < 1.29 is 4.39 Å². The first kappa shape index (κ1) is 14.3. The molecule has 2 nitrogen and oxygen atoms in total. The molecule has 1 aromatic carbocycles. The van der Waals surface area contributed by atoms with E-state index in [9.17, 15) is 4.39 Å². The molecule has 0 aliphatic carbocycles. The van der Waals surface area contributed by atoms with Crippen LogP contribution in [-0.2, 0) is 6.54 Å². The van der Waals surface area contributed by atoms with Gasteiger partial charge in [0.25, 0.3) is 0 Å². The van der Waals surface area contributed by atoms with Gasteiger partial charge in [0.05, 0.1) is 0 Å². The summed E-state index contributed by atoms with van der Waals surface area (Å²) in [5, 5.41) is 3.33. The van der Waals surface area contributed by atoms with E-state index in [0.29, 0.717) is 18.6 Å². The summed E-state index contributed by atoms with van der Waals surface area (Å²) in [5.74, 6) is -0.0904. The fraction of sp³-hybridized carbons (Fsp3) is 0.625. The maximum absolute atomic E-state index is 14.1. The second-order valence-electron chi connectivity index (χ2n) is 5.67. The molecule has 1 aliphatic heterocycles. The van der Waals surface area contributed by atoms with Crippen molar-refractivity contribution >= 4 is 5.69 Å². The zero-order valence-electron chi connectivity index (χ0n) is 12.2. The number of hydrogen-bond acceptors (Lipinski definition) is 2. The van der Waals surface area contributed by atoms with E-state index < -0.39 is 0 Å². The van der Waals surface area contributed by atoms with Gasteiger partial charge in [0, 0.05) is 36.4 Å². The first-order valence-corrected chi connectivity index (χ1v) is 7.41. The fourth-order valence-electron chi connectivity index (χ4n) is 2.87. The summed E-state index contributed by atoms with van der Waals surface area (Å²) < 4.78 is 14.1. The van der Waals surface area contributed by atoms with Crippen LogP contribution in [0.25, 0.3) is 0 Å². The quantitative estimate of drug-likeness (QED) is 0.872. The first-order chi connectivity index (χ1) is 9.13. The van der Waals surface area contributed by atoms with Crippen LogP contribution in [0.2, 0.25) is 0 Å². The van der Waals surface area contributed by atoms with Crippen LogP contribution in [0.4, 0.5) is 10.1 Å². The molecule has 1 saturated heterocycles. The summed E-state index contributed by atoms with van der Waals surface area (Å²) in [6.45, 7) is 8.05. The van der Waals surface area contributed by atoms with Crippen molar-refractivity contribution in [3.63, 3.8) is 0 Å². The van der Waals surface area contributed by atoms with Crippen LogP contribution in [0, 0.1) is 5.82 Å². The molecule has 1 aliphatic rings. The number of hydrogen-bond donors (Lipinski definition) is 1. The predicted molar refractivity (Wildman–Crippen MR) is 79.0 cm³/mol. The van der Waals surface area contributed by atoms with E-state index in [1.165, 1.54) is 12.8 Å². The Labute approximate surface area is 116 Å². The second kappa shape index (κ2) is 6.38. The van der Waals surface area contributed by atoms with E-state index in [4.69, 9.17) is 0 Å². The van der Waals surface area contributed by atoms with Gasteiger partial charge in [-0.05, 0) is 31.4 Å². The Kier molecular flexibility index (Phi) is 4.81. The molecular weight excluding hydrogens is 239 g/mol. The van der Waals surface area contributed by atoms with E-state index in [1.807, 2.05) is 6.07 Å². The van der Waals surface area contributed by atoms with E-state index in [0.717, 1.165) is 24.2 Å². The molecule has 0 bridgehead atoms. The zero-order chi connectivity index (χ0) is 13.8. The summed E-state index contributed by atoms with van der Waals surface area (Å²) in [6.07, 6.45) is 3.57. The Morgan fingerprint density at radius 2 is 2.21 bits per heavy atom. The van der Waals surface area contributed by atoms with Crippen molar-refractivity contribution in [2.45, 2.75) is 58.7 Å². The molecule has 0 radical (unpaired) electrons. The Morgan fingerprint density at radius 1 is 1.42 bits per heavy atom. The van der Waals surface area contributed by atoms with Gasteiger partial charge in [0.1, 0.15) is 5.82 Å². The van der Waals surface area contributed by atoms with Gasteiger partial charge in [-0.1, -0.05) is 26.8 Å². The standard InChI is InChI=1S/C16H25FN2/c1-4-13-7-6-10-19(13)16-9-5-8-15(17)14(16)11-18-12(2)3/h5,8-9,12-13,18H,4,6-7,10-11H2,1-3H3. The molecule has 0 spiro atoms. The molecule has 0 saturated carbocycles. The Hall–Kier alpha value is -1.09. The molecule has 1 aromatic rings. The van der Waals surface area contributed by atoms with E-state index >= 15 is 0 Å². The van der Waals surface area contributed by atoms with Crippen molar-refractivity contribution in [1.29, 1.82) is 0 Å². The molecular formula is C16H25FN2. The maximum Gasteiger partial charge on any atom is 0.129 e. The molecule has 1 fully saturated rings. The van der Waals surface area contributed by atoms with Gasteiger partial charge in [0.2, 0.25) is 0 Å². The molecule has 19 heavy (non-hydrogen) atoms.